The minimum absolute atomic E-state index is 0.0375. The Kier molecular flexibility index (Phi) is 3.49. The molecular formula is C14H16N2O. The van der Waals surface area contributed by atoms with Crippen LogP contribution >= 0.6 is 0 Å². The smallest absolute Gasteiger partial charge is 0.133 e. The van der Waals surface area contributed by atoms with Crippen LogP contribution < -0.4 is 0 Å². The highest BCUT2D eigenvalue weighted by molar-refractivity contribution is 5.25. The Morgan fingerprint density at radius 3 is 2.65 bits per heavy atom. The fourth-order valence-corrected chi connectivity index (χ4v) is 1.86. The lowest BCUT2D eigenvalue weighted by Gasteiger charge is -2.05. The van der Waals surface area contributed by atoms with Gasteiger partial charge in [-0.25, -0.2) is 9.97 Å². The zero-order chi connectivity index (χ0) is 12.3. The summed E-state index contributed by atoms with van der Waals surface area (Å²) in [4.78, 5) is 8.70. The van der Waals surface area contributed by atoms with Gasteiger partial charge in [-0.1, -0.05) is 29.8 Å². The van der Waals surface area contributed by atoms with Gasteiger partial charge in [-0.2, -0.15) is 0 Å². The Morgan fingerprint density at radius 1 is 1.12 bits per heavy atom. The second-order valence-electron chi connectivity index (χ2n) is 4.24. The van der Waals surface area contributed by atoms with E-state index in [1.165, 1.54) is 11.1 Å². The molecule has 88 valence electrons. The molecule has 0 saturated heterocycles. The number of aromatic nitrogens is 2. The topological polar surface area (TPSA) is 46.0 Å². The van der Waals surface area contributed by atoms with Gasteiger partial charge in [-0.3, -0.25) is 0 Å². The third kappa shape index (κ3) is 3.11. The largest absolute Gasteiger partial charge is 0.390 e. The molecule has 0 aliphatic heterocycles. The van der Waals surface area contributed by atoms with Gasteiger partial charge in [0.1, 0.15) is 5.82 Å². The van der Waals surface area contributed by atoms with E-state index < -0.39 is 0 Å². The molecule has 1 aromatic carbocycles. The molecule has 0 fully saturated rings. The average Bonchev–Trinajstić information content (AvgIpc) is 2.28. The van der Waals surface area contributed by atoms with Crippen LogP contribution in [-0.2, 0) is 13.0 Å². The lowest BCUT2D eigenvalue weighted by atomic mass is 10.1. The van der Waals surface area contributed by atoms with Gasteiger partial charge >= 0.3 is 0 Å². The number of benzene rings is 1. The lowest BCUT2D eigenvalue weighted by molar-refractivity contribution is 0.276. The Morgan fingerprint density at radius 2 is 1.94 bits per heavy atom. The van der Waals surface area contributed by atoms with E-state index in [1.807, 2.05) is 13.0 Å². The van der Waals surface area contributed by atoms with E-state index in [-0.39, 0.29) is 6.61 Å². The van der Waals surface area contributed by atoms with E-state index in [4.69, 9.17) is 5.11 Å². The molecule has 0 aliphatic carbocycles. The van der Waals surface area contributed by atoms with Crippen molar-refractivity contribution in [2.24, 2.45) is 0 Å². The van der Waals surface area contributed by atoms with Crippen molar-refractivity contribution in [3.63, 3.8) is 0 Å². The van der Waals surface area contributed by atoms with Crippen LogP contribution in [0, 0.1) is 13.8 Å². The third-order valence-corrected chi connectivity index (χ3v) is 2.56. The van der Waals surface area contributed by atoms with Crippen molar-refractivity contribution in [2.45, 2.75) is 26.9 Å². The molecule has 1 aromatic heterocycles. The van der Waals surface area contributed by atoms with Crippen LogP contribution in [0.3, 0.4) is 0 Å². The fourth-order valence-electron chi connectivity index (χ4n) is 1.86. The van der Waals surface area contributed by atoms with Crippen molar-refractivity contribution >= 4 is 0 Å². The van der Waals surface area contributed by atoms with Gasteiger partial charge in [-0.15, -0.1) is 0 Å². The van der Waals surface area contributed by atoms with Crippen molar-refractivity contribution < 1.29 is 5.11 Å². The van der Waals surface area contributed by atoms with Gasteiger partial charge in [0.05, 0.1) is 12.3 Å². The molecule has 0 atom stereocenters. The maximum atomic E-state index is 9.11. The number of aryl methyl sites for hydroxylation is 2. The maximum absolute atomic E-state index is 9.11. The van der Waals surface area contributed by atoms with Crippen LogP contribution in [0.25, 0.3) is 0 Å². The van der Waals surface area contributed by atoms with E-state index in [2.05, 4.69) is 35.1 Å². The molecule has 0 aliphatic rings. The first-order valence-electron chi connectivity index (χ1n) is 5.67. The molecule has 0 spiro atoms. The van der Waals surface area contributed by atoms with E-state index in [0.717, 1.165) is 11.5 Å². The molecule has 17 heavy (non-hydrogen) atoms. The van der Waals surface area contributed by atoms with Crippen LogP contribution in [0.2, 0.25) is 0 Å². The molecule has 0 saturated carbocycles. The highest BCUT2D eigenvalue weighted by Crippen LogP contribution is 2.09. The van der Waals surface area contributed by atoms with Crippen molar-refractivity contribution in [2.75, 3.05) is 0 Å². The molecule has 3 nitrogen and oxygen atoms in total. The zero-order valence-electron chi connectivity index (χ0n) is 10.1. The standard InChI is InChI=1S/C14H16N2O/c1-10-4-3-5-12(6-10)8-14-15-11(2)7-13(9-17)16-14/h3-7,17H,8-9H2,1-2H3. The maximum Gasteiger partial charge on any atom is 0.133 e. The number of rotatable bonds is 3. The Hall–Kier alpha value is -1.74. The zero-order valence-corrected chi connectivity index (χ0v) is 10.1. The predicted molar refractivity (Wildman–Crippen MR) is 66.7 cm³/mol. The van der Waals surface area contributed by atoms with E-state index in [1.54, 1.807) is 6.07 Å². The monoisotopic (exact) mass is 228 g/mol. The summed E-state index contributed by atoms with van der Waals surface area (Å²) in [5.41, 5.74) is 4.00. The Bertz CT molecular complexity index is 523. The van der Waals surface area contributed by atoms with Crippen molar-refractivity contribution in [3.05, 3.63) is 58.7 Å². The number of hydrogen-bond acceptors (Lipinski definition) is 3. The van der Waals surface area contributed by atoms with Crippen LogP contribution in [0.5, 0.6) is 0 Å². The van der Waals surface area contributed by atoms with Crippen LogP contribution in [0.1, 0.15) is 28.3 Å². The first kappa shape index (κ1) is 11.7. The van der Waals surface area contributed by atoms with Crippen molar-refractivity contribution in [3.8, 4) is 0 Å². The summed E-state index contributed by atoms with van der Waals surface area (Å²) < 4.78 is 0. The van der Waals surface area contributed by atoms with Crippen LogP contribution in [0.4, 0.5) is 0 Å². The van der Waals surface area contributed by atoms with Gasteiger partial charge in [0.2, 0.25) is 0 Å². The predicted octanol–water partition coefficient (Wildman–Crippen LogP) is 2.18. The second kappa shape index (κ2) is 5.06. The first-order chi connectivity index (χ1) is 8.17. The van der Waals surface area contributed by atoms with Gasteiger partial charge in [0, 0.05) is 12.1 Å². The molecule has 2 aromatic rings. The molecule has 2 rings (SSSR count). The quantitative estimate of drug-likeness (QED) is 0.875. The summed E-state index contributed by atoms with van der Waals surface area (Å²) >= 11 is 0. The van der Waals surface area contributed by atoms with E-state index in [0.29, 0.717) is 12.1 Å². The van der Waals surface area contributed by atoms with Crippen molar-refractivity contribution in [1.82, 2.24) is 9.97 Å². The number of aliphatic hydroxyl groups is 1. The number of hydrogen-bond donors (Lipinski definition) is 1. The molecular weight excluding hydrogens is 212 g/mol. The minimum atomic E-state index is -0.0375. The molecule has 0 radical (unpaired) electrons. The second-order valence-corrected chi connectivity index (χ2v) is 4.24. The van der Waals surface area contributed by atoms with Crippen LogP contribution in [-0.4, -0.2) is 15.1 Å². The van der Waals surface area contributed by atoms with E-state index in [9.17, 15) is 0 Å². The molecule has 0 unspecified atom stereocenters. The van der Waals surface area contributed by atoms with E-state index >= 15 is 0 Å². The third-order valence-electron chi connectivity index (χ3n) is 2.56. The molecule has 1 N–H and O–H groups in total. The fraction of sp³-hybridized carbons (Fsp3) is 0.286. The number of nitrogens with zero attached hydrogens (tertiary/aromatic N) is 2. The summed E-state index contributed by atoms with van der Waals surface area (Å²) in [5.74, 6) is 0.764. The summed E-state index contributed by atoms with van der Waals surface area (Å²) in [6.07, 6.45) is 0.705. The lowest BCUT2D eigenvalue weighted by Crippen LogP contribution is -2.02. The summed E-state index contributed by atoms with van der Waals surface area (Å²) in [7, 11) is 0. The van der Waals surface area contributed by atoms with Gasteiger partial charge < -0.3 is 5.11 Å². The molecule has 0 bridgehead atoms. The minimum Gasteiger partial charge on any atom is -0.390 e. The first-order valence-corrected chi connectivity index (χ1v) is 5.67. The Labute approximate surface area is 101 Å². The van der Waals surface area contributed by atoms with Crippen LogP contribution in [0.15, 0.2) is 30.3 Å². The summed E-state index contributed by atoms with van der Waals surface area (Å²) in [6.45, 7) is 3.95. The number of aliphatic hydroxyl groups excluding tert-OH is 1. The summed E-state index contributed by atoms with van der Waals surface area (Å²) in [5, 5.41) is 9.11. The van der Waals surface area contributed by atoms with Gasteiger partial charge in [0.15, 0.2) is 0 Å². The molecule has 3 heteroatoms. The SMILES string of the molecule is Cc1cccc(Cc2nc(C)cc(CO)n2)c1. The van der Waals surface area contributed by atoms with Gasteiger partial charge in [0.25, 0.3) is 0 Å². The Balaban J connectivity index is 2.26. The molecule has 0 amide bonds. The average molecular weight is 228 g/mol. The highest BCUT2D eigenvalue weighted by Gasteiger charge is 2.03. The highest BCUT2D eigenvalue weighted by atomic mass is 16.3. The van der Waals surface area contributed by atoms with Crippen molar-refractivity contribution in [1.29, 1.82) is 0 Å². The normalized spacial score (nSPS) is 10.5. The molecule has 1 heterocycles. The van der Waals surface area contributed by atoms with Gasteiger partial charge in [-0.05, 0) is 25.5 Å². The summed E-state index contributed by atoms with van der Waals surface area (Å²) in [6, 6.07) is 10.1.